The van der Waals surface area contributed by atoms with Crippen molar-refractivity contribution in [1.82, 2.24) is 14.9 Å². The van der Waals surface area contributed by atoms with E-state index in [0.29, 0.717) is 13.0 Å². The number of thioether (sulfide) groups is 1. The highest BCUT2D eigenvalue weighted by Gasteiger charge is 2.30. The number of ether oxygens (including phenoxy) is 1. The number of aryl methyl sites for hydroxylation is 1. The van der Waals surface area contributed by atoms with E-state index < -0.39 is 0 Å². The number of nitrogens with zero attached hydrogens (tertiary/aromatic N) is 2. The number of carbonyl (C=O) groups excluding carboxylic acids is 1. The first kappa shape index (κ1) is 18.1. The van der Waals surface area contributed by atoms with Crippen molar-refractivity contribution in [3.8, 4) is 5.75 Å². The highest BCUT2D eigenvalue weighted by atomic mass is 32.2. The van der Waals surface area contributed by atoms with E-state index in [1.165, 1.54) is 0 Å². The van der Waals surface area contributed by atoms with E-state index in [1.807, 2.05) is 24.3 Å². The number of benzene rings is 1. The van der Waals surface area contributed by atoms with Gasteiger partial charge in [-0.05, 0) is 43.4 Å². The summed E-state index contributed by atoms with van der Waals surface area (Å²) in [6, 6.07) is 7.50. The van der Waals surface area contributed by atoms with Crippen LogP contribution in [0.2, 0.25) is 0 Å². The fourth-order valence-corrected chi connectivity index (χ4v) is 4.89. The highest BCUT2D eigenvalue weighted by molar-refractivity contribution is 7.99. The number of rotatable bonds is 5. The third-order valence-electron chi connectivity index (χ3n) is 5.17. The molecule has 1 aliphatic carbocycles. The minimum Gasteiger partial charge on any atom is -0.497 e. The maximum Gasteiger partial charge on any atom is 0.257 e. The van der Waals surface area contributed by atoms with Gasteiger partial charge in [0, 0.05) is 24.3 Å². The SMILES string of the molecule is COc1cccc(CNC(=O)CC2CSc3nc4c(c(=O)n32)CCCC4)c1. The van der Waals surface area contributed by atoms with Crippen LogP contribution in [0.3, 0.4) is 0 Å². The van der Waals surface area contributed by atoms with Crippen molar-refractivity contribution in [1.29, 1.82) is 0 Å². The van der Waals surface area contributed by atoms with E-state index >= 15 is 0 Å². The molecular weight excluding hydrogens is 362 g/mol. The number of carbonyl (C=O) groups is 1. The molecule has 7 heteroatoms. The molecule has 6 nitrogen and oxygen atoms in total. The fraction of sp³-hybridized carbons (Fsp3) is 0.450. The summed E-state index contributed by atoms with van der Waals surface area (Å²) < 4.78 is 6.96. The Balaban J connectivity index is 1.44. The quantitative estimate of drug-likeness (QED) is 0.801. The van der Waals surface area contributed by atoms with Crippen LogP contribution < -0.4 is 15.6 Å². The Morgan fingerprint density at radius 1 is 1.37 bits per heavy atom. The predicted molar refractivity (Wildman–Crippen MR) is 104 cm³/mol. The highest BCUT2D eigenvalue weighted by Crippen LogP contribution is 2.33. The van der Waals surface area contributed by atoms with E-state index in [9.17, 15) is 9.59 Å². The number of fused-ring (bicyclic) bond motifs is 2. The molecule has 0 saturated heterocycles. The Morgan fingerprint density at radius 2 is 2.22 bits per heavy atom. The Hall–Kier alpha value is -2.28. The maximum absolute atomic E-state index is 12.9. The van der Waals surface area contributed by atoms with Crippen LogP contribution in [0.1, 0.15) is 42.1 Å². The van der Waals surface area contributed by atoms with Crippen molar-refractivity contribution in [2.45, 2.75) is 49.8 Å². The Labute approximate surface area is 162 Å². The molecule has 1 atom stereocenters. The summed E-state index contributed by atoms with van der Waals surface area (Å²) in [6.07, 6.45) is 4.14. The maximum atomic E-state index is 12.9. The standard InChI is InChI=1S/C20H23N3O3S/c1-26-15-6-4-5-13(9-15)11-21-18(24)10-14-12-27-20-22-17-8-3-2-7-16(17)19(25)23(14)20/h4-6,9,14H,2-3,7-8,10-12H2,1H3,(H,21,24). The van der Waals surface area contributed by atoms with Crippen LogP contribution in [-0.4, -0.2) is 28.3 Å². The number of hydrogen-bond donors (Lipinski definition) is 1. The second-order valence-electron chi connectivity index (χ2n) is 7.00. The number of amides is 1. The lowest BCUT2D eigenvalue weighted by Crippen LogP contribution is -2.33. The third-order valence-corrected chi connectivity index (χ3v) is 6.26. The van der Waals surface area contributed by atoms with Crippen molar-refractivity contribution >= 4 is 17.7 Å². The second-order valence-corrected chi connectivity index (χ2v) is 7.99. The zero-order chi connectivity index (χ0) is 18.8. The van der Waals surface area contributed by atoms with Crippen molar-refractivity contribution < 1.29 is 9.53 Å². The zero-order valence-corrected chi connectivity index (χ0v) is 16.2. The van der Waals surface area contributed by atoms with Crippen LogP contribution in [0.15, 0.2) is 34.2 Å². The molecular formula is C20H23N3O3S. The van der Waals surface area contributed by atoms with Crippen LogP contribution in [0.4, 0.5) is 0 Å². The van der Waals surface area contributed by atoms with E-state index in [2.05, 4.69) is 5.32 Å². The molecule has 2 heterocycles. The molecule has 1 aromatic heterocycles. The molecule has 1 N–H and O–H groups in total. The van der Waals surface area contributed by atoms with E-state index in [0.717, 1.165) is 59.2 Å². The van der Waals surface area contributed by atoms with Crippen molar-refractivity contribution in [2.75, 3.05) is 12.9 Å². The second kappa shape index (κ2) is 7.76. The number of nitrogens with one attached hydrogen (secondary N) is 1. The van der Waals surface area contributed by atoms with Crippen LogP contribution in [-0.2, 0) is 24.2 Å². The average molecular weight is 385 g/mol. The summed E-state index contributed by atoms with van der Waals surface area (Å²) in [5.74, 6) is 1.43. The fourth-order valence-electron chi connectivity index (χ4n) is 3.73. The Kier molecular flexibility index (Phi) is 5.20. The molecule has 2 aromatic rings. The van der Waals surface area contributed by atoms with Crippen LogP contribution >= 0.6 is 11.8 Å². The molecule has 2 aliphatic rings. The lowest BCUT2D eigenvalue weighted by molar-refractivity contribution is -0.121. The van der Waals surface area contributed by atoms with Gasteiger partial charge >= 0.3 is 0 Å². The topological polar surface area (TPSA) is 73.2 Å². The van der Waals surface area contributed by atoms with Gasteiger partial charge < -0.3 is 10.1 Å². The molecule has 4 rings (SSSR count). The molecule has 0 bridgehead atoms. The summed E-state index contributed by atoms with van der Waals surface area (Å²) >= 11 is 1.58. The van der Waals surface area contributed by atoms with Crippen LogP contribution in [0.5, 0.6) is 5.75 Å². The zero-order valence-electron chi connectivity index (χ0n) is 15.4. The van der Waals surface area contributed by atoms with Crippen LogP contribution in [0.25, 0.3) is 0 Å². The first-order valence-electron chi connectivity index (χ1n) is 9.32. The predicted octanol–water partition coefficient (Wildman–Crippen LogP) is 2.48. The molecule has 142 valence electrons. The molecule has 1 unspecified atom stereocenters. The van der Waals surface area contributed by atoms with Gasteiger partial charge in [-0.2, -0.15) is 0 Å². The molecule has 1 amide bonds. The van der Waals surface area contributed by atoms with Crippen LogP contribution in [0, 0.1) is 0 Å². The van der Waals surface area contributed by atoms with E-state index in [1.54, 1.807) is 23.4 Å². The Morgan fingerprint density at radius 3 is 3.07 bits per heavy atom. The van der Waals surface area contributed by atoms with E-state index in [-0.39, 0.29) is 17.5 Å². The molecule has 27 heavy (non-hydrogen) atoms. The average Bonchev–Trinajstić information content (AvgIpc) is 3.09. The third kappa shape index (κ3) is 3.74. The van der Waals surface area contributed by atoms with Crippen molar-refractivity contribution in [3.05, 3.63) is 51.4 Å². The van der Waals surface area contributed by atoms with Gasteiger partial charge in [0.25, 0.3) is 5.56 Å². The van der Waals surface area contributed by atoms with Gasteiger partial charge in [0.1, 0.15) is 5.75 Å². The number of methoxy groups -OCH3 is 1. The van der Waals surface area contributed by atoms with Crippen molar-refractivity contribution in [2.24, 2.45) is 0 Å². The van der Waals surface area contributed by atoms with Gasteiger partial charge in [0.15, 0.2) is 5.16 Å². The number of hydrogen-bond acceptors (Lipinski definition) is 5. The minimum absolute atomic E-state index is 0.0547. The first-order valence-corrected chi connectivity index (χ1v) is 10.3. The molecule has 1 aliphatic heterocycles. The smallest absolute Gasteiger partial charge is 0.257 e. The first-order chi connectivity index (χ1) is 13.2. The Bertz CT molecular complexity index is 925. The van der Waals surface area contributed by atoms with Crippen molar-refractivity contribution in [3.63, 3.8) is 0 Å². The lowest BCUT2D eigenvalue weighted by Gasteiger charge is -2.18. The molecule has 0 fully saturated rings. The summed E-state index contributed by atoms with van der Waals surface area (Å²) in [5, 5.41) is 3.72. The molecule has 0 saturated carbocycles. The molecule has 0 spiro atoms. The summed E-state index contributed by atoms with van der Waals surface area (Å²) in [5.41, 5.74) is 2.87. The molecule has 0 radical (unpaired) electrons. The van der Waals surface area contributed by atoms with Gasteiger partial charge in [0.05, 0.1) is 18.8 Å². The van der Waals surface area contributed by atoms with Gasteiger partial charge in [-0.25, -0.2) is 4.98 Å². The summed E-state index contributed by atoms with van der Waals surface area (Å²) in [4.78, 5) is 30.1. The van der Waals surface area contributed by atoms with Gasteiger partial charge in [-0.15, -0.1) is 0 Å². The largest absolute Gasteiger partial charge is 0.497 e. The van der Waals surface area contributed by atoms with Gasteiger partial charge in [-0.1, -0.05) is 23.9 Å². The minimum atomic E-state index is -0.123. The molecule has 1 aromatic carbocycles. The van der Waals surface area contributed by atoms with Gasteiger partial charge in [0.2, 0.25) is 5.91 Å². The monoisotopic (exact) mass is 385 g/mol. The normalized spacial score (nSPS) is 17.9. The summed E-state index contributed by atoms with van der Waals surface area (Å²) in [6.45, 7) is 0.445. The number of aromatic nitrogens is 2. The summed E-state index contributed by atoms with van der Waals surface area (Å²) in [7, 11) is 1.62. The lowest BCUT2D eigenvalue weighted by atomic mass is 9.97. The van der Waals surface area contributed by atoms with E-state index in [4.69, 9.17) is 9.72 Å². The van der Waals surface area contributed by atoms with Gasteiger partial charge in [-0.3, -0.25) is 14.2 Å².